The molecule has 3 amide bonds. The number of carbonyl (C=O) groups excluding carboxylic acids is 3. The van der Waals surface area contributed by atoms with Crippen molar-refractivity contribution in [2.75, 3.05) is 31.1 Å². The van der Waals surface area contributed by atoms with Crippen LogP contribution in [0.5, 0.6) is 0 Å². The van der Waals surface area contributed by atoms with Gasteiger partial charge in [-0.2, -0.15) is 0 Å². The van der Waals surface area contributed by atoms with Crippen molar-refractivity contribution in [3.05, 3.63) is 53.6 Å². The molecule has 38 heavy (non-hydrogen) atoms. The predicted molar refractivity (Wildman–Crippen MR) is 151 cm³/mol. The van der Waals surface area contributed by atoms with Crippen LogP contribution in [0.1, 0.15) is 33.6 Å². The normalized spacial score (nSPS) is 32.1. The van der Waals surface area contributed by atoms with Gasteiger partial charge in [0.05, 0.1) is 39.9 Å². The molecule has 2 fully saturated rings. The number of hydrogen-bond donors (Lipinski definition) is 1. The lowest BCUT2D eigenvalue weighted by Gasteiger charge is -2.40. The first-order chi connectivity index (χ1) is 18.3. The van der Waals surface area contributed by atoms with Crippen molar-refractivity contribution in [1.29, 1.82) is 0 Å². The summed E-state index contributed by atoms with van der Waals surface area (Å²) in [5, 5.41) is 10.8. The molecule has 7 nitrogen and oxygen atoms in total. The molecule has 1 unspecified atom stereocenters. The smallest absolute Gasteiger partial charge is 0.251 e. The molecule has 204 valence electrons. The topological polar surface area (TPSA) is 81.2 Å². The van der Waals surface area contributed by atoms with Gasteiger partial charge in [0.15, 0.2) is 0 Å². The predicted octanol–water partition coefficient (Wildman–Crippen LogP) is 3.76. The Morgan fingerprint density at radius 3 is 2.55 bits per heavy atom. The van der Waals surface area contributed by atoms with E-state index in [0.29, 0.717) is 30.3 Å². The molecule has 1 aromatic rings. The summed E-state index contributed by atoms with van der Waals surface area (Å²) in [6, 6.07) is 5.81. The Balaban J connectivity index is 1.66. The maximum atomic E-state index is 14.6. The van der Waals surface area contributed by atoms with Crippen molar-refractivity contribution < 1.29 is 19.5 Å². The zero-order valence-electron chi connectivity index (χ0n) is 22.1. The number of aliphatic hydroxyl groups excluding tert-OH is 1. The molecular formula is C29H36ClN3O4S. The molecule has 1 N–H and O–H groups in total. The molecule has 0 aromatic heterocycles. The summed E-state index contributed by atoms with van der Waals surface area (Å²) in [5.41, 5.74) is 0.586. The van der Waals surface area contributed by atoms with Crippen molar-refractivity contribution in [3.63, 3.8) is 0 Å². The van der Waals surface area contributed by atoms with Gasteiger partial charge in [-0.25, -0.2) is 0 Å². The number of rotatable bonds is 7. The van der Waals surface area contributed by atoms with E-state index in [-0.39, 0.29) is 35.5 Å². The monoisotopic (exact) mass is 557 g/mol. The summed E-state index contributed by atoms with van der Waals surface area (Å²) in [4.78, 5) is 48.1. The number of hydrogen-bond acceptors (Lipinski definition) is 5. The van der Waals surface area contributed by atoms with Crippen molar-refractivity contribution in [2.24, 2.45) is 17.8 Å². The van der Waals surface area contributed by atoms with Gasteiger partial charge in [-0.3, -0.25) is 14.4 Å². The molecule has 0 radical (unpaired) electrons. The number of benzene rings is 1. The van der Waals surface area contributed by atoms with Crippen LogP contribution in [0.3, 0.4) is 0 Å². The number of aliphatic hydroxyl groups is 1. The Hall–Kier alpha value is -2.29. The molecular weight excluding hydrogens is 522 g/mol. The second kappa shape index (κ2) is 10.7. The van der Waals surface area contributed by atoms with Crippen LogP contribution in [-0.4, -0.2) is 80.9 Å². The molecule has 4 aliphatic rings. The molecule has 5 rings (SSSR count). The first kappa shape index (κ1) is 27.3. The average Bonchev–Trinajstić information content (AvgIpc) is 3.23. The number of thioether (sulfide) groups is 1. The molecule has 0 bridgehead atoms. The van der Waals surface area contributed by atoms with Gasteiger partial charge in [-0.1, -0.05) is 75.2 Å². The van der Waals surface area contributed by atoms with Crippen LogP contribution in [0, 0.1) is 17.8 Å². The Morgan fingerprint density at radius 1 is 1.11 bits per heavy atom. The van der Waals surface area contributed by atoms with Crippen molar-refractivity contribution in [3.8, 4) is 0 Å². The first-order valence-corrected chi connectivity index (χ1v) is 14.9. The van der Waals surface area contributed by atoms with Crippen LogP contribution in [-0.2, 0) is 14.4 Å². The Kier molecular flexibility index (Phi) is 7.68. The largest absolute Gasteiger partial charge is 0.394 e. The number of carbonyl (C=O) groups is 3. The molecule has 4 heterocycles. The minimum Gasteiger partial charge on any atom is -0.394 e. The number of nitrogens with zero attached hydrogens (tertiary/aromatic N) is 3. The fourth-order valence-corrected chi connectivity index (χ4v) is 8.89. The first-order valence-electron chi connectivity index (χ1n) is 13.6. The average molecular weight is 558 g/mol. The number of fused-ring (bicyclic) bond motifs is 2. The zero-order chi connectivity index (χ0) is 27.2. The fourth-order valence-electron chi connectivity index (χ4n) is 6.66. The number of amides is 3. The van der Waals surface area contributed by atoms with Crippen LogP contribution in [0.2, 0.25) is 5.02 Å². The second-order valence-electron chi connectivity index (χ2n) is 10.7. The Morgan fingerprint density at radius 2 is 1.87 bits per heavy atom. The Bertz CT molecular complexity index is 1170. The molecule has 0 saturated carbocycles. The Labute approximate surface area is 233 Å². The van der Waals surface area contributed by atoms with E-state index in [9.17, 15) is 19.5 Å². The van der Waals surface area contributed by atoms with E-state index in [2.05, 4.69) is 6.08 Å². The standard InChI is InChI=1S/C29H36ClN3O4S/c1-4-14-31-15-8-12-22-23(26(31)35)24-27(36)33(21(17-34)18(3)5-2)25-28(37)32(16-9-13-29(24,25)38-22)20-11-7-6-10-19(20)30/h6-13,18,21-25,34H,4-5,14-17H2,1-3H3/t18-,21-,22-,23+,24-,25?,29-/m0/s1. The van der Waals surface area contributed by atoms with E-state index in [0.717, 1.165) is 12.8 Å². The summed E-state index contributed by atoms with van der Waals surface area (Å²) in [6.45, 7) is 7.26. The molecule has 0 aliphatic carbocycles. The lowest BCUT2D eigenvalue weighted by Crippen LogP contribution is -2.58. The third kappa shape index (κ3) is 4.11. The maximum Gasteiger partial charge on any atom is 0.251 e. The van der Waals surface area contributed by atoms with Gasteiger partial charge in [0.1, 0.15) is 6.04 Å². The molecule has 1 aromatic carbocycles. The van der Waals surface area contributed by atoms with Gasteiger partial charge < -0.3 is 19.8 Å². The maximum absolute atomic E-state index is 14.6. The van der Waals surface area contributed by atoms with Gasteiger partial charge in [-0.15, -0.1) is 11.8 Å². The van der Waals surface area contributed by atoms with Crippen molar-refractivity contribution in [2.45, 2.75) is 55.7 Å². The molecule has 2 saturated heterocycles. The summed E-state index contributed by atoms with van der Waals surface area (Å²) >= 11 is 8.10. The molecule has 4 aliphatic heterocycles. The summed E-state index contributed by atoms with van der Waals surface area (Å²) < 4.78 is -0.921. The molecule has 1 spiro atoms. The second-order valence-corrected chi connectivity index (χ2v) is 12.6. The fraction of sp³-hybridized carbons (Fsp3) is 0.552. The lowest BCUT2D eigenvalue weighted by molar-refractivity contribution is -0.145. The SMILES string of the molecule is CCCN1CC=C[C@@H]2S[C@]34C=CCN(c5ccccc5Cl)C(=O)C3N([C@@H](CO)[C@@H](C)CC)C(=O)[C@@H]4[C@@H]2C1=O. The van der Waals surface area contributed by atoms with Crippen LogP contribution in [0.4, 0.5) is 5.69 Å². The van der Waals surface area contributed by atoms with Gasteiger partial charge in [0, 0.05) is 24.9 Å². The summed E-state index contributed by atoms with van der Waals surface area (Å²) in [5.74, 6) is -1.76. The number of anilines is 1. The minimum absolute atomic E-state index is 0.0256. The van der Waals surface area contributed by atoms with Crippen molar-refractivity contribution >= 4 is 46.8 Å². The van der Waals surface area contributed by atoms with E-state index in [1.165, 1.54) is 0 Å². The van der Waals surface area contributed by atoms with E-state index < -0.39 is 28.7 Å². The van der Waals surface area contributed by atoms with Gasteiger partial charge >= 0.3 is 0 Å². The highest BCUT2D eigenvalue weighted by molar-refractivity contribution is 8.02. The molecule has 9 heteroatoms. The van der Waals surface area contributed by atoms with E-state index >= 15 is 0 Å². The van der Waals surface area contributed by atoms with Crippen molar-refractivity contribution in [1.82, 2.24) is 9.80 Å². The van der Waals surface area contributed by atoms with E-state index in [4.69, 9.17) is 11.6 Å². The third-order valence-electron chi connectivity index (χ3n) is 8.66. The quantitative estimate of drug-likeness (QED) is 0.516. The summed E-state index contributed by atoms with van der Waals surface area (Å²) in [6.07, 6.45) is 9.59. The number of halogens is 1. The summed E-state index contributed by atoms with van der Waals surface area (Å²) in [7, 11) is 0. The lowest BCUT2D eigenvalue weighted by atomic mass is 9.78. The van der Waals surface area contributed by atoms with Crippen LogP contribution in [0.15, 0.2) is 48.6 Å². The zero-order valence-corrected chi connectivity index (χ0v) is 23.7. The van der Waals surface area contributed by atoms with Gasteiger partial charge in [-0.05, 0) is 24.5 Å². The molecule has 7 atom stereocenters. The van der Waals surface area contributed by atoms with Gasteiger partial charge in [0.2, 0.25) is 11.8 Å². The highest BCUT2D eigenvalue weighted by Crippen LogP contribution is 2.61. The van der Waals surface area contributed by atoms with Gasteiger partial charge in [0.25, 0.3) is 5.91 Å². The minimum atomic E-state index is -0.921. The highest BCUT2D eigenvalue weighted by atomic mass is 35.5. The van der Waals surface area contributed by atoms with E-state index in [1.54, 1.807) is 27.6 Å². The third-order valence-corrected chi connectivity index (χ3v) is 10.7. The van der Waals surface area contributed by atoms with Crippen LogP contribution in [0.25, 0.3) is 0 Å². The van der Waals surface area contributed by atoms with E-state index in [1.807, 2.05) is 62.1 Å². The number of para-hydroxylation sites is 1. The highest BCUT2D eigenvalue weighted by Gasteiger charge is 2.72. The van der Waals surface area contributed by atoms with Crippen LogP contribution < -0.4 is 4.90 Å². The van der Waals surface area contributed by atoms with Crippen LogP contribution >= 0.6 is 23.4 Å². The number of likely N-dealkylation sites (tertiary alicyclic amines) is 1.